The van der Waals surface area contributed by atoms with E-state index in [0.717, 1.165) is 22.3 Å². The van der Waals surface area contributed by atoms with Gasteiger partial charge in [0.25, 0.3) is 0 Å². The lowest BCUT2D eigenvalue weighted by Gasteiger charge is -2.07. The van der Waals surface area contributed by atoms with E-state index in [2.05, 4.69) is 33.9 Å². The van der Waals surface area contributed by atoms with E-state index in [1.165, 1.54) is 0 Å². The highest BCUT2D eigenvalue weighted by Crippen LogP contribution is 2.21. The molecule has 0 saturated heterocycles. The molecule has 124 valence electrons. The van der Waals surface area contributed by atoms with Crippen molar-refractivity contribution in [3.8, 4) is 17.2 Å². The summed E-state index contributed by atoms with van der Waals surface area (Å²) in [4.78, 5) is 16.3. The Morgan fingerprint density at radius 2 is 1.96 bits per heavy atom. The summed E-state index contributed by atoms with van der Waals surface area (Å²) in [7, 11) is 0. The monoisotopic (exact) mass is 347 g/mol. The number of carbonyl (C=O) groups excluding carboxylic acids is 1. The van der Waals surface area contributed by atoms with Crippen molar-refractivity contribution in [2.75, 3.05) is 0 Å². The summed E-state index contributed by atoms with van der Waals surface area (Å²) in [6, 6.07) is 13.5. The van der Waals surface area contributed by atoms with Gasteiger partial charge in [-0.05, 0) is 58.1 Å². The number of hydrogen-bond donors (Lipinski definition) is 1. The van der Waals surface area contributed by atoms with Gasteiger partial charge in [0.1, 0.15) is 0 Å². The molecule has 0 fully saturated rings. The fourth-order valence-electron chi connectivity index (χ4n) is 2.46. The highest BCUT2D eigenvalue weighted by atomic mass is 32.1. The Labute approximate surface area is 150 Å². The average molecular weight is 347 g/mol. The van der Waals surface area contributed by atoms with Gasteiger partial charge in [0, 0.05) is 30.9 Å². The summed E-state index contributed by atoms with van der Waals surface area (Å²) in [5, 5.41) is 15.8. The molecule has 3 aromatic rings. The molecule has 0 unspecified atom stereocenters. The van der Waals surface area contributed by atoms with Crippen molar-refractivity contribution in [3.05, 3.63) is 76.2 Å². The molecule has 1 N–H and O–H groups in total. The Kier molecular flexibility index (Phi) is 5.55. The van der Waals surface area contributed by atoms with E-state index < -0.39 is 0 Å². The first-order chi connectivity index (χ1) is 12.2. The van der Waals surface area contributed by atoms with Gasteiger partial charge < -0.3 is 5.32 Å². The lowest BCUT2D eigenvalue weighted by molar-refractivity contribution is -0.121. The number of pyridine rings is 1. The van der Waals surface area contributed by atoms with Gasteiger partial charge in [-0.25, -0.2) is 0 Å². The lowest BCUT2D eigenvalue weighted by atomic mass is 10.1. The number of aryl methyl sites for hydroxylation is 1. The normalized spacial score (nSPS) is 10.2. The molecular formula is C20H17N3OS. The van der Waals surface area contributed by atoms with Crippen molar-refractivity contribution < 1.29 is 4.79 Å². The van der Waals surface area contributed by atoms with Crippen LogP contribution in [-0.2, 0) is 17.8 Å². The van der Waals surface area contributed by atoms with E-state index in [-0.39, 0.29) is 5.91 Å². The quantitative estimate of drug-likeness (QED) is 0.735. The minimum absolute atomic E-state index is 0.00490. The second-order valence-corrected chi connectivity index (χ2v) is 6.46. The Morgan fingerprint density at radius 3 is 2.68 bits per heavy atom. The predicted octanol–water partition coefficient (Wildman–Crippen LogP) is 3.93. The number of nitriles is 1. The van der Waals surface area contributed by atoms with Gasteiger partial charge in [-0.3, -0.25) is 9.78 Å². The first-order valence-electron chi connectivity index (χ1n) is 7.97. The SMILES string of the molecule is N#Cc1ccc(CCC(=O)NCc2cncc(-c3ccsc3)c2)cc1. The number of amides is 1. The topological polar surface area (TPSA) is 65.8 Å². The molecule has 0 bridgehead atoms. The fourth-order valence-corrected chi connectivity index (χ4v) is 3.13. The number of nitrogens with zero attached hydrogens (tertiary/aromatic N) is 2. The maximum atomic E-state index is 12.0. The second-order valence-electron chi connectivity index (χ2n) is 5.68. The summed E-state index contributed by atoms with van der Waals surface area (Å²) < 4.78 is 0. The standard InChI is InChI=1S/C20H17N3OS/c21-10-16-3-1-15(2-4-16)5-6-20(24)23-12-17-9-19(13-22-11-17)18-7-8-25-14-18/h1-4,7-9,11,13-14H,5-6,12H2,(H,23,24). The highest BCUT2D eigenvalue weighted by molar-refractivity contribution is 7.08. The van der Waals surface area contributed by atoms with E-state index in [1.807, 2.05) is 23.7 Å². The Balaban J connectivity index is 1.50. The maximum absolute atomic E-state index is 12.0. The second kappa shape index (κ2) is 8.22. The van der Waals surface area contributed by atoms with E-state index in [0.29, 0.717) is 24.9 Å². The molecule has 0 saturated carbocycles. The molecule has 2 aromatic heterocycles. The smallest absolute Gasteiger partial charge is 0.220 e. The van der Waals surface area contributed by atoms with Crippen molar-refractivity contribution in [1.82, 2.24) is 10.3 Å². The maximum Gasteiger partial charge on any atom is 0.220 e. The average Bonchev–Trinajstić information content (AvgIpc) is 3.20. The van der Waals surface area contributed by atoms with Gasteiger partial charge in [-0.15, -0.1) is 0 Å². The molecule has 4 nitrogen and oxygen atoms in total. The Bertz CT molecular complexity index is 880. The number of carbonyl (C=O) groups is 1. The van der Waals surface area contributed by atoms with Crippen molar-refractivity contribution in [1.29, 1.82) is 5.26 Å². The molecule has 0 spiro atoms. The number of rotatable bonds is 6. The first kappa shape index (κ1) is 16.9. The zero-order valence-electron chi connectivity index (χ0n) is 13.6. The van der Waals surface area contributed by atoms with Crippen LogP contribution in [-0.4, -0.2) is 10.9 Å². The van der Waals surface area contributed by atoms with Crippen LogP contribution in [0, 0.1) is 11.3 Å². The van der Waals surface area contributed by atoms with Crippen LogP contribution in [0.25, 0.3) is 11.1 Å². The van der Waals surface area contributed by atoms with E-state index in [4.69, 9.17) is 5.26 Å². The third-order valence-corrected chi connectivity index (χ3v) is 4.55. The van der Waals surface area contributed by atoms with Gasteiger partial charge in [0.2, 0.25) is 5.91 Å². The molecule has 2 heterocycles. The fraction of sp³-hybridized carbons (Fsp3) is 0.150. The van der Waals surface area contributed by atoms with E-state index in [9.17, 15) is 4.79 Å². The first-order valence-corrected chi connectivity index (χ1v) is 8.91. The molecule has 3 rings (SSSR count). The molecule has 25 heavy (non-hydrogen) atoms. The third kappa shape index (κ3) is 4.75. The third-order valence-electron chi connectivity index (χ3n) is 3.86. The van der Waals surface area contributed by atoms with Gasteiger partial charge in [0.05, 0.1) is 11.6 Å². The van der Waals surface area contributed by atoms with Gasteiger partial charge in [0.15, 0.2) is 0 Å². The molecule has 1 aromatic carbocycles. The van der Waals surface area contributed by atoms with Crippen LogP contribution in [0.3, 0.4) is 0 Å². The number of hydrogen-bond acceptors (Lipinski definition) is 4. The number of nitrogens with one attached hydrogen (secondary N) is 1. The molecule has 0 aliphatic carbocycles. The highest BCUT2D eigenvalue weighted by Gasteiger charge is 2.05. The van der Waals surface area contributed by atoms with Crippen LogP contribution in [0.2, 0.25) is 0 Å². The van der Waals surface area contributed by atoms with Crippen LogP contribution in [0.4, 0.5) is 0 Å². The summed E-state index contributed by atoms with van der Waals surface area (Å²) in [5.74, 6) is 0.00490. The van der Waals surface area contributed by atoms with Gasteiger partial charge in [-0.2, -0.15) is 16.6 Å². The van der Waals surface area contributed by atoms with Crippen LogP contribution in [0.15, 0.2) is 59.6 Å². The molecular weight excluding hydrogens is 330 g/mol. The lowest BCUT2D eigenvalue weighted by Crippen LogP contribution is -2.23. The van der Waals surface area contributed by atoms with Crippen molar-refractivity contribution >= 4 is 17.2 Å². The van der Waals surface area contributed by atoms with Gasteiger partial charge >= 0.3 is 0 Å². The molecule has 0 atom stereocenters. The minimum atomic E-state index is 0.00490. The van der Waals surface area contributed by atoms with Crippen LogP contribution >= 0.6 is 11.3 Å². The number of aromatic nitrogens is 1. The minimum Gasteiger partial charge on any atom is -0.352 e. The van der Waals surface area contributed by atoms with Crippen LogP contribution in [0.5, 0.6) is 0 Å². The van der Waals surface area contributed by atoms with Crippen molar-refractivity contribution in [2.45, 2.75) is 19.4 Å². The van der Waals surface area contributed by atoms with Crippen molar-refractivity contribution in [2.24, 2.45) is 0 Å². The van der Waals surface area contributed by atoms with Crippen LogP contribution < -0.4 is 5.32 Å². The Morgan fingerprint density at radius 1 is 1.12 bits per heavy atom. The molecule has 0 aliphatic rings. The number of thiophene rings is 1. The summed E-state index contributed by atoms with van der Waals surface area (Å²) >= 11 is 1.65. The summed E-state index contributed by atoms with van der Waals surface area (Å²) in [6.07, 6.45) is 4.68. The number of benzene rings is 1. The summed E-state index contributed by atoms with van der Waals surface area (Å²) in [5.41, 5.74) is 4.87. The van der Waals surface area contributed by atoms with E-state index >= 15 is 0 Å². The van der Waals surface area contributed by atoms with Crippen molar-refractivity contribution in [3.63, 3.8) is 0 Å². The van der Waals surface area contributed by atoms with E-state index in [1.54, 1.807) is 29.7 Å². The molecule has 5 heteroatoms. The Hall–Kier alpha value is -2.97. The molecule has 0 radical (unpaired) electrons. The largest absolute Gasteiger partial charge is 0.352 e. The van der Waals surface area contributed by atoms with Gasteiger partial charge in [-0.1, -0.05) is 12.1 Å². The molecule has 1 amide bonds. The predicted molar refractivity (Wildman–Crippen MR) is 98.9 cm³/mol. The summed E-state index contributed by atoms with van der Waals surface area (Å²) in [6.45, 7) is 0.469. The zero-order valence-corrected chi connectivity index (χ0v) is 14.4. The molecule has 0 aliphatic heterocycles. The zero-order chi connectivity index (χ0) is 17.5. The van der Waals surface area contributed by atoms with Crippen LogP contribution in [0.1, 0.15) is 23.1 Å².